The van der Waals surface area contributed by atoms with Gasteiger partial charge in [-0.15, -0.1) is 0 Å². The summed E-state index contributed by atoms with van der Waals surface area (Å²) in [6.45, 7) is 2.60. The van der Waals surface area contributed by atoms with Crippen LogP contribution < -0.4 is 16.4 Å². The van der Waals surface area contributed by atoms with Crippen LogP contribution in [0.1, 0.15) is 24.2 Å². The highest BCUT2D eigenvalue weighted by atomic mass is 16.4. The largest absolute Gasteiger partial charge is 0.479 e. The molecule has 0 bridgehead atoms. The minimum atomic E-state index is -2.09. The maximum Gasteiger partial charge on any atom is 0.337 e. The van der Waals surface area contributed by atoms with E-state index in [4.69, 9.17) is 5.11 Å². The van der Waals surface area contributed by atoms with Crippen molar-refractivity contribution in [3.63, 3.8) is 0 Å². The lowest BCUT2D eigenvalue weighted by atomic mass is 10.1. The van der Waals surface area contributed by atoms with E-state index >= 15 is 0 Å². The molecule has 1 aromatic heterocycles. The molecule has 9 nitrogen and oxygen atoms in total. The van der Waals surface area contributed by atoms with Crippen molar-refractivity contribution >= 4 is 22.9 Å². The highest BCUT2D eigenvalue weighted by molar-refractivity contribution is 5.97. The van der Waals surface area contributed by atoms with E-state index in [9.17, 15) is 24.3 Å². The van der Waals surface area contributed by atoms with E-state index < -0.39 is 35.1 Å². The second-order valence-electron chi connectivity index (χ2n) is 5.50. The summed E-state index contributed by atoms with van der Waals surface area (Å²) in [5, 5.41) is 20.7. The number of fused-ring (bicyclic) bond motifs is 1. The lowest BCUT2D eigenvalue weighted by molar-refractivity contribution is -0.155. The number of aliphatic carboxylic acids is 1. The van der Waals surface area contributed by atoms with Gasteiger partial charge in [0.15, 0.2) is 5.60 Å². The fourth-order valence-electron chi connectivity index (χ4n) is 2.16. The lowest BCUT2D eigenvalue weighted by Crippen LogP contribution is -2.46. The molecule has 0 fully saturated rings. The standard InChI is InChI=1S/C15H17N3O6/c1-3-18-10-5-4-8(6-9(10)17-12(20)13(18)21)11(19)16-7-15(2,24)14(22)23/h4-6,24H,3,7H2,1-2H3,(H,16,19)(H,17,20)(H,22,23). The van der Waals surface area contributed by atoms with Crippen molar-refractivity contribution in [3.8, 4) is 0 Å². The number of rotatable bonds is 5. The molecule has 0 radical (unpaired) electrons. The van der Waals surface area contributed by atoms with Crippen LogP contribution in [0.2, 0.25) is 0 Å². The first-order valence-electron chi connectivity index (χ1n) is 7.18. The first-order valence-corrected chi connectivity index (χ1v) is 7.18. The summed E-state index contributed by atoms with van der Waals surface area (Å²) in [6, 6.07) is 4.34. The molecule has 1 aromatic carbocycles. The smallest absolute Gasteiger partial charge is 0.337 e. The summed E-state index contributed by atoms with van der Waals surface area (Å²) >= 11 is 0. The van der Waals surface area contributed by atoms with Crippen LogP contribution in [-0.2, 0) is 11.3 Å². The third kappa shape index (κ3) is 3.20. The van der Waals surface area contributed by atoms with Crippen LogP contribution in [0.15, 0.2) is 27.8 Å². The summed E-state index contributed by atoms with van der Waals surface area (Å²) in [4.78, 5) is 48.7. The molecule has 0 saturated heterocycles. The second kappa shape index (κ2) is 6.28. The SMILES string of the molecule is CCn1c(=O)c(=O)[nH]c2cc(C(=O)NCC(C)(O)C(=O)O)ccc21. The molecule has 1 atom stereocenters. The number of carboxylic acids is 1. The van der Waals surface area contributed by atoms with Crippen molar-refractivity contribution in [2.24, 2.45) is 0 Å². The molecule has 24 heavy (non-hydrogen) atoms. The molecule has 128 valence electrons. The maximum atomic E-state index is 12.1. The zero-order valence-corrected chi connectivity index (χ0v) is 13.1. The average molecular weight is 335 g/mol. The molecule has 0 aliphatic heterocycles. The topological polar surface area (TPSA) is 141 Å². The summed E-state index contributed by atoms with van der Waals surface area (Å²) in [5.41, 5.74) is -2.64. The van der Waals surface area contributed by atoms with Gasteiger partial charge in [-0.3, -0.25) is 14.4 Å². The second-order valence-corrected chi connectivity index (χ2v) is 5.50. The number of aliphatic hydroxyl groups is 1. The van der Waals surface area contributed by atoms with Crippen LogP contribution >= 0.6 is 0 Å². The molecule has 1 unspecified atom stereocenters. The number of benzene rings is 1. The highest BCUT2D eigenvalue weighted by Crippen LogP contribution is 2.12. The van der Waals surface area contributed by atoms with Gasteiger partial charge >= 0.3 is 17.1 Å². The Bertz CT molecular complexity index is 925. The fourth-order valence-corrected chi connectivity index (χ4v) is 2.16. The van der Waals surface area contributed by atoms with Crippen molar-refractivity contribution in [1.82, 2.24) is 14.9 Å². The number of carbonyl (C=O) groups is 2. The van der Waals surface area contributed by atoms with Gasteiger partial charge in [0.2, 0.25) is 0 Å². The molecular formula is C15H17N3O6. The number of aromatic nitrogens is 2. The molecule has 0 aliphatic carbocycles. The third-order valence-electron chi connectivity index (χ3n) is 3.61. The number of amides is 1. The Labute approximate surface area is 135 Å². The van der Waals surface area contributed by atoms with Crippen LogP contribution in [0.4, 0.5) is 0 Å². The quantitative estimate of drug-likeness (QED) is 0.531. The van der Waals surface area contributed by atoms with E-state index in [1.54, 1.807) is 6.92 Å². The Hall–Kier alpha value is -2.94. The summed E-state index contributed by atoms with van der Waals surface area (Å²) in [7, 11) is 0. The fraction of sp³-hybridized carbons (Fsp3) is 0.333. The molecule has 2 rings (SSSR count). The molecule has 4 N–H and O–H groups in total. The Balaban J connectivity index is 2.36. The summed E-state index contributed by atoms with van der Waals surface area (Å²) in [5.74, 6) is -2.08. The Kier molecular flexibility index (Phi) is 4.56. The van der Waals surface area contributed by atoms with E-state index in [1.165, 1.54) is 22.8 Å². The molecule has 1 heterocycles. The summed E-state index contributed by atoms with van der Waals surface area (Å²) < 4.78 is 1.28. The van der Waals surface area contributed by atoms with Gasteiger partial charge in [-0.25, -0.2) is 4.79 Å². The minimum absolute atomic E-state index is 0.153. The van der Waals surface area contributed by atoms with Crippen LogP contribution in [0.3, 0.4) is 0 Å². The number of nitrogens with zero attached hydrogens (tertiary/aromatic N) is 1. The predicted octanol–water partition coefficient (Wildman–Crippen LogP) is -0.725. The molecule has 1 amide bonds. The average Bonchev–Trinajstić information content (AvgIpc) is 2.53. The molecular weight excluding hydrogens is 318 g/mol. The molecule has 0 saturated carbocycles. The van der Waals surface area contributed by atoms with Gasteiger partial charge in [0, 0.05) is 12.1 Å². The van der Waals surface area contributed by atoms with Crippen molar-refractivity contribution in [2.75, 3.05) is 6.54 Å². The monoisotopic (exact) mass is 335 g/mol. The maximum absolute atomic E-state index is 12.1. The van der Waals surface area contributed by atoms with Crippen molar-refractivity contribution in [2.45, 2.75) is 26.0 Å². The summed E-state index contributed by atoms with van der Waals surface area (Å²) in [6.07, 6.45) is 0. The number of nitrogens with one attached hydrogen (secondary N) is 2. The van der Waals surface area contributed by atoms with Crippen LogP contribution in [-0.4, -0.2) is 43.8 Å². The van der Waals surface area contributed by atoms with Crippen molar-refractivity contribution in [3.05, 3.63) is 44.5 Å². The normalized spacial score (nSPS) is 13.5. The zero-order valence-electron chi connectivity index (χ0n) is 13.1. The van der Waals surface area contributed by atoms with Gasteiger partial charge in [-0.1, -0.05) is 0 Å². The zero-order chi connectivity index (χ0) is 18.1. The number of carboxylic acid groups (broad SMARTS) is 1. The Morgan fingerprint density at radius 2 is 2.00 bits per heavy atom. The van der Waals surface area contributed by atoms with E-state index in [0.717, 1.165) is 6.92 Å². The number of aryl methyl sites for hydroxylation is 1. The van der Waals surface area contributed by atoms with Crippen LogP contribution in [0.25, 0.3) is 11.0 Å². The van der Waals surface area contributed by atoms with Gasteiger partial charge in [0.1, 0.15) is 0 Å². The third-order valence-corrected chi connectivity index (χ3v) is 3.61. The highest BCUT2D eigenvalue weighted by Gasteiger charge is 2.30. The number of hydrogen-bond donors (Lipinski definition) is 4. The van der Waals surface area contributed by atoms with Crippen LogP contribution in [0.5, 0.6) is 0 Å². The Morgan fingerprint density at radius 1 is 1.33 bits per heavy atom. The molecule has 0 aliphatic rings. The molecule has 9 heteroatoms. The van der Waals surface area contributed by atoms with Gasteiger partial charge < -0.3 is 25.1 Å². The van der Waals surface area contributed by atoms with Gasteiger partial charge in [-0.2, -0.15) is 0 Å². The van der Waals surface area contributed by atoms with Crippen molar-refractivity contribution in [1.29, 1.82) is 0 Å². The number of aromatic amines is 1. The predicted molar refractivity (Wildman–Crippen MR) is 85.1 cm³/mol. The number of H-pyrrole nitrogens is 1. The first kappa shape index (κ1) is 17.4. The molecule has 2 aromatic rings. The number of hydrogen-bond acceptors (Lipinski definition) is 5. The minimum Gasteiger partial charge on any atom is -0.479 e. The molecule has 0 spiro atoms. The van der Waals surface area contributed by atoms with Crippen LogP contribution in [0, 0.1) is 0 Å². The number of carbonyl (C=O) groups excluding carboxylic acids is 1. The van der Waals surface area contributed by atoms with E-state index in [2.05, 4.69) is 10.3 Å². The van der Waals surface area contributed by atoms with Gasteiger partial charge in [0.05, 0.1) is 17.6 Å². The van der Waals surface area contributed by atoms with Gasteiger partial charge in [-0.05, 0) is 32.0 Å². The first-order chi connectivity index (χ1) is 11.2. The van der Waals surface area contributed by atoms with Gasteiger partial charge in [0.25, 0.3) is 5.91 Å². The van der Waals surface area contributed by atoms with E-state index in [0.29, 0.717) is 17.6 Å². The lowest BCUT2D eigenvalue weighted by Gasteiger charge is -2.18. The van der Waals surface area contributed by atoms with E-state index in [-0.39, 0.29) is 5.56 Å². The van der Waals surface area contributed by atoms with Crippen molar-refractivity contribution < 1.29 is 19.8 Å². The van der Waals surface area contributed by atoms with E-state index in [1.807, 2.05) is 0 Å². The Morgan fingerprint density at radius 3 is 2.58 bits per heavy atom.